The Kier molecular flexibility index (Phi) is 5.41. The van der Waals surface area contributed by atoms with Crippen LogP contribution in [-0.2, 0) is 13.1 Å². The highest BCUT2D eigenvalue weighted by molar-refractivity contribution is 9.11. The number of nitrogens with one attached hydrogen (secondary N) is 1. The lowest BCUT2D eigenvalue weighted by Crippen LogP contribution is -2.35. The summed E-state index contributed by atoms with van der Waals surface area (Å²) in [6.45, 7) is 8.22. The third kappa shape index (κ3) is 5.09. The molecule has 0 fully saturated rings. The molecule has 0 bridgehead atoms. The molecular weight excluding hydrogens is 346 g/mol. The van der Waals surface area contributed by atoms with Crippen LogP contribution < -0.4 is 10.2 Å². The molecule has 0 spiro atoms. The first-order chi connectivity index (χ1) is 9.85. The molecule has 0 aliphatic carbocycles. The maximum Gasteiger partial charge on any atom is 0.133 e. The van der Waals surface area contributed by atoms with E-state index in [1.54, 1.807) is 11.3 Å². The molecule has 2 heterocycles. The van der Waals surface area contributed by atoms with Crippen molar-refractivity contribution in [1.29, 1.82) is 0 Å². The van der Waals surface area contributed by atoms with Crippen LogP contribution in [0.15, 0.2) is 33.6 Å². The van der Waals surface area contributed by atoms with Crippen molar-refractivity contribution in [2.24, 2.45) is 0 Å². The molecule has 114 valence electrons. The van der Waals surface area contributed by atoms with Gasteiger partial charge in [-0.2, -0.15) is 0 Å². The molecule has 5 heteroatoms. The molecule has 3 nitrogen and oxygen atoms in total. The second-order valence-electron chi connectivity index (χ2n) is 6.20. The fourth-order valence-electron chi connectivity index (χ4n) is 2.05. The third-order valence-corrected chi connectivity index (χ3v) is 4.63. The van der Waals surface area contributed by atoms with Gasteiger partial charge in [-0.3, -0.25) is 0 Å². The molecule has 0 aliphatic rings. The minimum absolute atomic E-state index is 0.101. The highest BCUT2D eigenvalue weighted by atomic mass is 79.9. The van der Waals surface area contributed by atoms with Crippen LogP contribution in [0.3, 0.4) is 0 Å². The van der Waals surface area contributed by atoms with Crippen LogP contribution in [0.1, 0.15) is 31.9 Å². The molecule has 2 aromatic rings. The van der Waals surface area contributed by atoms with Gasteiger partial charge >= 0.3 is 0 Å². The Morgan fingerprint density at radius 3 is 2.76 bits per heavy atom. The second-order valence-corrected chi connectivity index (χ2v) is 8.50. The van der Waals surface area contributed by atoms with Crippen LogP contribution in [0, 0.1) is 0 Å². The first-order valence-corrected chi connectivity index (χ1v) is 8.65. The monoisotopic (exact) mass is 367 g/mol. The number of thiophene rings is 1. The largest absolute Gasteiger partial charge is 0.355 e. The van der Waals surface area contributed by atoms with Crippen LogP contribution in [-0.4, -0.2) is 17.6 Å². The van der Waals surface area contributed by atoms with Crippen LogP contribution in [0.2, 0.25) is 0 Å². The topological polar surface area (TPSA) is 28.2 Å². The molecule has 2 aromatic heterocycles. The molecule has 0 aliphatic heterocycles. The summed E-state index contributed by atoms with van der Waals surface area (Å²) in [5, 5.41) is 5.71. The van der Waals surface area contributed by atoms with Gasteiger partial charge in [-0.1, -0.05) is 6.07 Å². The summed E-state index contributed by atoms with van der Waals surface area (Å²) in [6.07, 6.45) is 1.86. The summed E-state index contributed by atoms with van der Waals surface area (Å²) >= 11 is 5.23. The number of hydrogen-bond acceptors (Lipinski definition) is 4. The van der Waals surface area contributed by atoms with Crippen LogP contribution in [0.25, 0.3) is 0 Å². The highest BCUT2D eigenvalue weighted by Crippen LogP contribution is 2.24. The summed E-state index contributed by atoms with van der Waals surface area (Å²) in [5.41, 5.74) is 2.63. The normalized spacial score (nSPS) is 11.7. The van der Waals surface area contributed by atoms with E-state index < -0.39 is 0 Å². The van der Waals surface area contributed by atoms with E-state index in [1.165, 1.54) is 14.9 Å². The van der Waals surface area contributed by atoms with Gasteiger partial charge < -0.3 is 10.2 Å². The zero-order valence-electron chi connectivity index (χ0n) is 13.0. The molecule has 0 aromatic carbocycles. The van der Waals surface area contributed by atoms with Crippen LogP contribution in [0.5, 0.6) is 0 Å². The van der Waals surface area contributed by atoms with Gasteiger partial charge in [-0.15, -0.1) is 11.3 Å². The van der Waals surface area contributed by atoms with Crippen LogP contribution >= 0.6 is 27.3 Å². The van der Waals surface area contributed by atoms with Gasteiger partial charge in [0.15, 0.2) is 0 Å². The maximum absolute atomic E-state index is 4.56. The number of halogens is 1. The molecule has 2 rings (SSSR count). The van der Waals surface area contributed by atoms with Gasteiger partial charge in [-0.05, 0) is 59.8 Å². The molecular formula is C16H22BrN3S. The second kappa shape index (κ2) is 6.90. The van der Waals surface area contributed by atoms with Crippen molar-refractivity contribution < 1.29 is 0 Å². The first kappa shape index (κ1) is 16.5. The van der Waals surface area contributed by atoms with Gasteiger partial charge in [0.2, 0.25) is 0 Å². The van der Waals surface area contributed by atoms with Crippen molar-refractivity contribution in [3.05, 3.63) is 44.7 Å². The van der Waals surface area contributed by atoms with E-state index >= 15 is 0 Å². The summed E-state index contributed by atoms with van der Waals surface area (Å²) in [5.74, 6) is 1.04. The predicted molar refractivity (Wildman–Crippen MR) is 95.0 cm³/mol. The van der Waals surface area contributed by atoms with E-state index in [2.05, 4.69) is 76.5 Å². The summed E-state index contributed by atoms with van der Waals surface area (Å²) in [6, 6.07) is 6.30. The Hall–Kier alpha value is -0.910. The highest BCUT2D eigenvalue weighted by Gasteiger charge is 2.13. The molecule has 0 saturated heterocycles. The average molecular weight is 368 g/mol. The van der Waals surface area contributed by atoms with Gasteiger partial charge in [0.25, 0.3) is 0 Å². The van der Waals surface area contributed by atoms with Gasteiger partial charge in [0, 0.05) is 37.4 Å². The summed E-state index contributed by atoms with van der Waals surface area (Å²) in [7, 11) is 2.09. The van der Waals surface area contributed by atoms with Crippen LogP contribution in [0.4, 0.5) is 5.82 Å². The third-order valence-electron chi connectivity index (χ3n) is 3.08. The number of anilines is 1. The zero-order valence-corrected chi connectivity index (χ0v) is 15.4. The van der Waals surface area contributed by atoms with Crippen molar-refractivity contribution in [3.63, 3.8) is 0 Å². The standard InChI is InChI=1S/C16H22BrN3S/c1-16(2,3)19-9-13-6-5-7-18-15(13)20(4)10-12-8-14(17)21-11-12/h5-8,11,19H,9-10H2,1-4H3. The number of aromatic nitrogens is 1. The Morgan fingerprint density at radius 2 is 2.14 bits per heavy atom. The van der Waals surface area contributed by atoms with Gasteiger partial charge in [0.1, 0.15) is 5.82 Å². The lowest BCUT2D eigenvalue weighted by Gasteiger charge is -2.24. The maximum atomic E-state index is 4.56. The van der Waals surface area contributed by atoms with Gasteiger partial charge in [0.05, 0.1) is 3.79 Å². The summed E-state index contributed by atoms with van der Waals surface area (Å²) < 4.78 is 1.17. The van der Waals surface area contributed by atoms with E-state index in [0.29, 0.717) is 0 Å². The van der Waals surface area contributed by atoms with Crippen molar-refractivity contribution in [2.75, 3.05) is 11.9 Å². The lowest BCUT2D eigenvalue weighted by molar-refractivity contribution is 0.424. The van der Waals surface area contributed by atoms with Gasteiger partial charge in [-0.25, -0.2) is 4.98 Å². The van der Waals surface area contributed by atoms with E-state index in [4.69, 9.17) is 0 Å². The average Bonchev–Trinajstić information content (AvgIpc) is 2.81. The lowest BCUT2D eigenvalue weighted by atomic mass is 10.1. The SMILES string of the molecule is CN(Cc1csc(Br)c1)c1ncccc1CNC(C)(C)C. The molecule has 0 radical (unpaired) electrons. The number of rotatable bonds is 5. The van der Waals surface area contributed by atoms with E-state index in [-0.39, 0.29) is 5.54 Å². The van der Waals surface area contributed by atoms with E-state index in [1.807, 2.05) is 12.3 Å². The molecule has 0 saturated carbocycles. The quantitative estimate of drug-likeness (QED) is 0.846. The Bertz CT molecular complexity index is 589. The molecule has 0 amide bonds. The predicted octanol–water partition coefficient (Wildman–Crippen LogP) is 4.43. The molecule has 0 atom stereocenters. The number of nitrogens with zero attached hydrogens (tertiary/aromatic N) is 2. The smallest absolute Gasteiger partial charge is 0.133 e. The zero-order chi connectivity index (χ0) is 15.5. The Labute approximate surface area is 139 Å². The van der Waals surface area contributed by atoms with Crippen molar-refractivity contribution >= 4 is 33.1 Å². The van der Waals surface area contributed by atoms with E-state index in [0.717, 1.165) is 18.9 Å². The fraction of sp³-hybridized carbons (Fsp3) is 0.438. The molecule has 1 N–H and O–H groups in total. The number of pyridine rings is 1. The Balaban J connectivity index is 2.11. The van der Waals surface area contributed by atoms with Crippen molar-refractivity contribution in [3.8, 4) is 0 Å². The van der Waals surface area contributed by atoms with Crippen molar-refractivity contribution in [2.45, 2.75) is 39.4 Å². The molecule has 0 unspecified atom stereocenters. The first-order valence-electron chi connectivity index (χ1n) is 6.98. The van der Waals surface area contributed by atoms with E-state index in [9.17, 15) is 0 Å². The Morgan fingerprint density at radius 1 is 1.38 bits per heavy atom. The van der Waals surface area contributed by atoms with Crippen molar-refractivity contribution in [1.82, 2.24) is 10.3 Å². The molecule has 21 heavy (non-hydrogen) atoms. The summed E-state index contributed by atoms with van der Waals surface area (Å²) in [4.78, 5) is 6.76. The minimum atomic E-state index is 0.101. The number of hydrogen-bond donors (Lipinski definition) is 1. The fourth-order valence-corrected chi connectivity index (χ4v) is 3.25. The minimum Gasteiger partial charge on any atom is -0.355 e.